The summed E-state index contributed by atoms with van der Waals surface area (Å²) in [5.74, 6) is -0.837. The fourth-order valence-electron chi connectivity index (χ4n) is 2.61. The van der Waals surface area contributed by atoms with E-state index in [4.69, 9.17) is 4.74 Å². The second kappa shape index (κ2) is 7.66. The maximum atomic E-state index is 13.9. The molecule has 0 unspecified atom stereocenters. The van der Waals surface area contributed by atoms with E-state index in [1.807, 2.05) is 0 Å². The summed E-state index contributed by atoms with van der Waals surface area (Å²) in [6.45, 7) is 1.72. The second-order valence-electron chi connectivity index (χ2n) is 6.51. The summed E-state index contributed by atoms with van der Waals surface area (Å²) < 4.78 is 45.9. The van der Waals surface area contributed by atoms with Crippen molar-refractivity contribution < 1.29 is 22.3 Å². The van der Waals surface area contributed by atoms with E-state index in [9.17, 15) is 17.6 Å². The molecule has 0 heterocycles. The molecule has 2 aromatic carbocycles. The van der Waals surface area contributed by atoms with Crippen molar-refractivity contribution in [3.8, 4) is 5.75 Å². The molecule has 2 aromatic rings. The molecule has 0 radical (unpaired) electrons. The average Bonchev–Trinajstić information content (AvgIpc) is 3.45. The van der Waals surface area contributed by atoms with Gasteiger partial charge in [-0.2, -0.15) is 0 Å². The van der Waals surface area contributed by atoms with Crippen LogP contribution in [-0.2, 0) is 10.0 Å². The summed E-state index contributed by atoms with van der Waals surface area (Å²) in [6.07, 6.45) is 1.66. The molecule has 144 valence electrons. The van der Waals surface area contributed by atoms with Crippen LogP contribution in [0.2, 0.25) is 0 Å². The second-order valence-corrected chi connectivity index (χ2v) is 8.23. The largest absolute Gasteiger partial charge is 0.494 e. The first-order valence-electron chi connectivity index (χ1n) is 8.57. The Morgan fingerprint density at radius 3 is 2.59 bits per heavy atom. The van der Waals surface area contributed by atoms with Crippen LogP contribution in [0.5, 0.6) is 5.75 Å². The molecule has 0 bridgehead atoms. The zero-order chi connectivity index (χ0) is 19.6. The molecule has 3 rings (SSSR count). The highest BCUT2D eigenvalue weighted by Gasteiger charge is 2.28. The molecule has 0 saturated heterocycles. The van der Waals surface area contributed by atoms with Crippen molar-refractivity contribution in [2.75, 3.05) is 7.11 Å². The zero-order valence-electron chi connectivity index (χ0n) is 15.0. The Hall–Kier alpha value is -2.45. The molecule has 1 saturated carbocycles. The lowest BCUT2D eigenvalue weighted by molar-refractivity contribution is 0.0939. The van der Waals surface area contributed by atoms with E-state index in [0.717, 1.165) is 12.8 Å². The standard InChI is InChI=1S/C19H21FN2O4S/c1-12(13-6-9-18(26-2)17(20)11-13)21-19(23)14-4-3-5-16(10-14)27(24,25)22-15-7-8-15/h3-6,9-12,15,22H,7-8H2,1-2H3,(H,21,23)/t12-/m1/s1. The number of sulfonamides is 1. The minimum atomic E-state index is -3.64. The van der Waals surface area contributed by atoms with E-state index in [1.165, 1.54) is 43.5 Å². The smallest absolute Gasteiger partial charge is 0.251 e. The number of carbonyl (C=O) groups is 1. The summed E-state index contributed by atoms with van der Waals surface area (Å²) >= 11 is 0. The maximum Gasteiger partial charge on any atom is 0.251 e. The molecule has 8 heteroatoms. The number of ether oxygens (including phenoxy) is 1. The Bertz CT molecular complexity index is 958. The number of rotatable bonds is 7. The molecular weight excluding hydrogens is 371 g/mol. The van der Waals surface area contributed by atoms with Gasteiger partial charge in [-0.25, -0.2) is 17.5 Å². The predicted molar refractivity (Wildman–Crippen MR) is 98.6 cm³/mol. The molecule has 1 aliphatic rings. The van der Waals surface area contributed by atoms with Crippen LogP contribution in [-0.4, -0.2) is 27.5 Å². The normalized spacial score (nSPS) is 15.2. The van der Waals surface area contributed by atoms with Gasteiger partial charge in [0.25, 0.3) is 5.91 Å². The summed E-state index contributed by atoms with van der Waals surface area (Å²) in [6, 6.07) is 9.80. The van der Waals surface area contributed by atoms with E-state index in [-0.39, 0.29) is 22.3 Å². The molecule has 2 N–H and O–H groups in total. The molecule has 6 nitrogen and oxygen atoms in total. The van der Waals surface area contributed by atoms with Crippen molar-refractivity contribution in [2.45, 2.75) is 36.7 Å². The van der Waals surface area contributed by atoms with Gasteiger partial charge in [-0.15, -0.1) is 0 Å². The van der Waals surface area contributed by atoms with Crippen molar-refractivity contribution >= 4 is 15.9 Å². The van der Waals surface area contributed by atoms with Crippen LogP contribution >= 0.6 is 0 Å². The first kappa shape index (κ1) is 19.3. The molecule has 0 aliphatic heterocycles. The Balaban J connectivity index is 1.74. The number of hydrogen-bond acceptors (Lipinski definition) is 4. The van der Waals surface area contributed by atoms with Crippen LogP contribution in [0.1, 0.15) is 41.7 Å². The SMILES string of the molecule is COc1ccc([C@@H](C)NC(=O)c2cccc(S(=O)(=O)NC3CC3)c2)cc1F. The number of methoxy groups -OCH3 is 1. The van der Waals surface area contributed by atoms with E-state index in [0.29, 0.717) is 5.56 Å². The molecule has 0 aromatic heterocycles. The van der Waals surface area contributed by atoms with Crippen LogP contribution in [0.4, 0.5) is 4.39 Å². The first-order valence-corrected chi connectivity index (χ1v) is 10.0. The topological polar surface area (TPSA) is 84.5 Å². The zero-order valence-corrected chi connectivity index (χ0v) is 15.8. The number of halogens is 1. The third kappa shape index (κ3) is 4.64. The van der Waals surface area contributed by atoms with Gasteiger partial charge in [0, 0.05) is 11.6 Å². The molecule has 0 spiro atoms. The molecule has 1 aliphatic carbocycles. The summed E-state index contributed by atoms with van der Waals surface area (Å²) in [5.41, 5.74) is 0.787. The number of nitrogens with one attached hydrogen (secondary N) is 2. The van der Waals surface area contributed by atoms with Crippen molar-refractivity contribution in [3.05, 3.63) is 59.4 Å². The van der Waals surface area contributed by atoms with E-state index < -0.39 is 27.8 Å². The molecular formula is C19H21FN2O4S. The van der Waals surface area contributed by atoms with Gasteiger partial charge in [0.2, 0.25) is 10.0 Å². The third-order valence-corrected chi connectivity index (χ3v) is 5.85. The third-order valence-electron chi connectivity index (χ3n) is 4.33. The highest BCUT2D eigenvalue weighted by Crippen LogP contribution is 2.24. The first-order chi connectivity index (χ1) is 12.8. The summed E-state index contributed by atoms with van der Waals surface area (Å²) in [4.78, 5) is 12.6. The lowest BCUT2D eigenvalue weighted by Crippen LogP contribution is -2.28. The van der Waals surface area contributed by atoms with Gasteiger partial charge in [-0.3, -0.25) is 4.79 Å². The van der Waals surface area contributed by atoms with E-state index >= 15 is 0 Å². The van der Waals surface area contributed by atoms with Gasteiger partial charge < -0.3 is 10.1 Å². The van der Waals surface area contributed by atoms with Crippen LogP contribution in [0.15, 0.2) is 47.4 Å². The molecule has 1 atom stereocenters. The summed E-state index contributed by atoms with van der Waals surface area (Å²) in [7, 11) is -2.26. The van der Waals surface area contributed by atoms with Crippen LogP contribution in [0.3, 0.4) is 0 Å². The van der Waals surface area contributed by atoms with Crippen molar-refractivity contribution in [2.24, 2.45) is 0 Å². The highest BCUT2D eigenvalue weighted by atomic mass is 32.2. The van der Waals surface area contributed by atoms with Crippen molar-refractivity contribution in [1.82, 2.24) is 10.0 Å². The Morgan fingerprint density at radius 1 is 1.22 bits per heavy atom. The number of hydrogen-bond donors (Lipinski definition) is 2. The molecule has 1 amide bonds. The minimum Gasteiger partial charge on any atom is -0.494 e. The monoisotopic (exact) mass is 392 g/mol. The fourth-order valence-corrected chi connectivity index (χ4v) is 3.96. The average molecular weight is 392 g/mol. The van der Waals surface area contributed by atoms with Gasteiger partial charge >= 0.3 is 0 Å². The highest BCUT2D eigenvalue weighted by molar-refractivity contribution is 7.89. The van der Waals surface area contributed by atoms with Crippen molar-refractivity contribution in [3.63, 3.8) is 0 Å². The Morgan fingerprint density at radius 2 is 1.96 bits per heavy atom. The van der Waals surface area contributed by atoms with E-state index in [2.05, 4.69) is 10.0 Å². The van der Waals surface area contributed by atoms with Crippen LogP contribution in [0.25, 0.3) is 0 Å². The Kier molecular flexibility index (Phi) is 5.48. The number of benzene rings is 2. The maximum absolute atomic E-state index is 13.9. The number of amides is 1. The van der Waals surface area contributed by atoms with Gasteiger partial charge in [-0.1, -0.05) is 12.1 Å². The van der Waals surface area contributed by atoms with Gasteiger partial charge in [-0.05, 0) is 55.7 Å². The van der Waals surface area contributed by atoms with Gasteiger partial charge in [0.05, 0.1) is 18.0 Å². The lowest BCUT2D eigenvalue weighted by Gasteiger charge is -2.16. The van der Waals surface area contributed by atoms with Gasteiger partial charge in [0.15, 0.2) is 11.6 Å². The molecule has 1 fully saturated rings. The number of carbonyl (C=O) groups excluding carboxylic acids is 1. The minimum absolute atomic E-state index is 0.0162. The van der Waals surface area contributed by atoms with Crippen LogP contribution in [0, 0.1) is 5.82 Å². The predicted octanol–water partition coefficient (Wildman–Crippen LogP) is 2.77. The van der Waals surface area contributed by atoms with Crippen molar-refractivity contribution in [1.29, 1.82) is 0 Å². The Labute approximate surface area is 157 Å². The van der Waals surface area contributed by atoms with Gasteiger partial charge in [0.1, 0.15) is 0 Å². The summed E-state index contributed by atoms with van der Waals surface area (Å²) in [5, 5.41) is 2.75. The molecule has 27 heavy (non-hydrogen) atoms. The van der Waals surface area contributed by atoms with Crippen LogP contribution < -0.4 is 14.8 Å². The fraction of sp³-hybridized carbons (Fsp3) is 0.316. The van der Waals surface area contributed by atoms with E-state index in [1.54, 1.807) is 13.0 Å². The lowest BCUT2D eigenvalue weighted by atomic mass is 10.1. The quantitative estimate of drug-likeness (QED) is 0.759.